The Morgan fingerprint density at radius 3 is 2.14 bits per heavy atom. The molecule has 9 heteroatoms. The number of hydrogen-bond acceptors (Lipinski definition) is 5. The molecule has 2 aromatic carbocycles. The summed E-state index contributed by atoms with van der Waals surface area (Å²) in [6.07, 6.45) is 3.76. The number of anilines is 1. The Bertz CT molecular complexity index is 1280. The van der Waals surface area contributed by atoms with E-state index >= 15 is 0 Å². The van der Waals surface area contributed by atoms with Crippen molar-refractivity contribution in [3.8, 4) is 5.75 Å². The third kappa shape index (κ3) is 4.91. The fourth-order valence-electron chi connectivity index (χ4n) is 4.92. The largest absolute Gasteiger partial charge is 0.481 e. The molecule has 0 atom stereocenters. The van der Waals surface area contributed by atoms with Gasteiger partial charge in [0.15, 0.2) is 18.2 Å². The first kappa shape index (κ1) is 25.2. The van der Waals surface area contributed by atoms with Crippen molar-refractivity contribution in [2.45, 2.75) is 44.4 Å². The van der Waals surface area contributed by atoms with Crippen molar-refractivity contribution in [2.75, 3.05) is 11.9 Å². The number of halogens is 3. The molecule has 0 bridgehead atoms. The van der Waals surface area contributed by atoms with Crippen LogP contribution in [0.15, 0.2) is 68.0 Å². The van der Waals surface area contributed by atoms with Gasteiger partial charge in [0, 0.05) is 42.7 Å². The van der Waals surface area contributed by atoms with Gasteiger partial charge in [0.1, 0.15) is 17.3 Å². The van der Waals surface area contributed by atoms with Crippen LogP contribution in [0.1, 0.15) is 50.0 Å². The van der Waals surface area contributed by atoms with E-state index in [0.717, 1.165) is 18.4 Å². The van der Waals surface area contributed by atoms with E-state index < -0.39 is 5.92 Å². The van der Waals surface area contributed by atoms with Crippen LogP contribution in [-0.4, -0.2) is 24.1 Å². The van der Waals surface area contributed by atoms with E-state index in [1.807, 2.05) is 12.1 Å². The Balaban J connectivity index is 1.43. The first-order chi connectivity index (χ1) is 17.3. The van der Waals surface area contributed by atoms with Gasteiger partial charge in [-0.25, -0.2) is 0 Å². The predicted molar refractivity (Wildman–Crippen MR) is 143 cm³/mol. The van der Waals surface area contributed by atoms with Crippen LogP contribution in [0, 0.1) is 0 Å². The summed E-state index contributed by atoms with van der Waals surface area (Å²) in [4.78, 5) is 38.5. The predicted octanol–water partition coefficient (Wildman–Crippen LogP) is 7.01. The minimum absolute atomic E-state index is 0.0231. The van der Waals surface area contributed by atoms with Crippen molar-refractivity contribution >= 4 is 66.6 Å². The molecule has 1 aliphatic heterocycles. The van der Waals surface area contributed by atoms with E-state index in [0.29, 0.717) is 73.8 Å². The number of rotatable bonds is 5. The van der Waals surface area contributed by atoms with Crippen LogP contribution in [0.2, 0.25) is 5.02 Å². The van der Waals surface area contributed by atoms with E-state index in [4.69, 9.17) is 21.1 Å². The standard InChI is InChI=1S/C27H22Br2ClNO5/c28-15-11-14(12-16(29)27(15)35-13-23(34)31-18-6-2-1-5-17(18)30)24-25-19(32)7-3-9-21(25)36-22-10-4-8-20(33)26(22)24/h1-2,5-6,11-12,24H,3-4,7-10,13H2,(H,31,34). The fraction of sp³-hybridized carbons (Fsp3) is 0.296. The zero-order valence-corrected chi connectivity index (χ0v) is 23.1. The lowest BCUT2D eigenvalue weighted by Crippen LogP contribution is -2.30. The van der Waals surface area contributed by atoms with Crippen molar-refractivity contribution in [1.29, 1.82) is 0 Å². The topological polar surface area (TPSA) is 81.7 Å². The molecule has 0 aromatic heterocycles. The highest BCUT2D eigenvalue weighted by Crippen LogP contribution is 2.49. The zero-order chi connectivity index (χ0) is 25.4. The van der Waals surface area contributed by atoms with Gasteiger partial charge in [0.05, 0.1) is 19.7 Å². The van der Waals surface area contributed by atoms with Gasteiger partial charge >= 0.3 is 0 Å². The quantitative estimate of drug-likeness (QED) is 0.382. The van der Waals surface area contributed by atoms with Gasteiger partial charge in [-0.05, 0) is 74.5 Å². The van der Waals surface area contributed by atoms with Crippen LogP contribution in [0.4, 0.5) is 5.69 Å². The highest BCUT2D eigenvalue weighted by molar-refractivity contribution is 9.11. The Morgan fingerprint density at radius 2 is 1.56 bits per heavy atom. The molecule has 0 spiro atoms. The van der Waals surface area contributed by atoms with Crippen molar-refractivity contribution < 1.29 is 23.9 Å². The lowest BCUT2D eigenvalue weighted by Gasteiger charge is -2.36. The Hall–Kier alpha value is -2.42. The van der Waals surface area contributed by atoms with Crippen LogP contribution >= 0.6 is 43.5 Å². The second-order valence-electron chi connectivity index (χ2n) is 8.89. The summed E-state index contributed by atoms with van der Waals surface area (Å²) in [5.74, 6) is 1.02. The average molecular weight is 636 g/mol. The van der Waals surface area contributed by atoms with Crippen molar-refractivity contribution in [3.05, 3.63) is 78.6 Å². The third-order valence-electron chi connectivity index (χ3n) is 6.49. The van der Waals surface area contributed by atoms with Gasteiger partial charge in [0.25, 0.3) is 5.91 Å². The van der Waals surface area contributed by atoms with E-state index in [1.165, 1.54) is 0 Å². The minimum Gasteiger partial charge on any atom is -0.481 e. The zero-order valence-electron chi connectivity index (χ0n) is 19.2. The lowest BCUT2D eigenvalue weighted by atomic mass is 9.73. The second-order valence-corrected chi connectivity index (χ2v) is 11.0. The Labute approximate surface area is 230 Å². The number of carbonyl (C=O) groups is 3. The summed E-state index contributed by atoms with van der Waals surface area (Å²) >= 11 is 13.2. The number of para-hydroxylation sites is 1. The van der Waals surface area contributed by atoms with Gasteiger partial charge in [-0.15, -0.1) is 0 Å². The van der Waals surface area contributed by atoms with Crippen molar-refractivity contribution in [2.24, 2.45) is 0 Å². The summed E-state index contributed by atoms with van der Waals surface area (Å²) in [5.41, 5.74) is 2.46. The number of nitrogens with one attached hydrogen (secondary N) is 1. The molecule has 0 fully saturated rings. The molecule has 1 heterocycles. The summed E-state index contributed by atoms with van der Waals surface area (Å²) in [7, 11) is 0. The number of allylic oxidation sites excluding steroid dienone is 4. The Kier molecular flexibility index (Phi) is 7.37. The first-order valence-electron chi connectivity index (χ1n) is 11.7. The smallest absolute Gasteiger partial charge is 0.262 e. The summed E-state index contributed by atoms with van der Waals surface area (Å²) in [5, 5.41) is 3.16. The van der Waals surface area contributed by atoms with E-state index in [-0.39, 0.29) is 24.1 Å². The van der Waals surface area contributed by atoms with Crippen LogP contribution < -0.4 is 10.1 Å². The molecule has 5 rings (SSSR count). The van der Waals surface area contributed by atoms with Crippen molar-refractivity contribution in [3.63, 3.8) is 0 Å². The number of ketones is 2. The molecule has 2 aliphatic carbocycles. The van der Waals surface area contributed by atoms with Gasteiger partial charge in [-0.2, -0.15) is 0 Å². The number of hydrogen-bond donors (Lipinski definition) is 1. The molecule has 1 amide bonds. The van der Waals surface area contributed by atoms with Gasteiger partial charge in [0.2, 0.25) is 0 Å². The highest BCUT2D eigenvalue weighted by Gasteiger charge is 2.42. The number of ether oxygens (including phenoxy) is 2. The van der Waals surface area contributed by atoms with Crippen molar-refractivity contribution in [1.82, 2.24) is 0 Å². The molecular formula is C27H22Br2ClNO5. The maximum Gasteiger partial charge on any atom is 0.262 e. The minimum atomic E-state index is -0.477. The maximum atomic E-state index is 13.0. The van der Waals surface area contributed by atoms with Gasteiger partial charge in [-0.1, -0.05) is 23.7 Å². The Morgan fingerprint density at radius 1 is 0.972 bits per heavy atom. The molecule has 2 aromatic rings. The number of Topliss-reactive ketones (excluding diaryl/α,β-unsaturated/α-hetero) is 2. The molecule has 0 radical (unpaired) electrons. The fourth-order valence-corrected chi connectivity index (χ4v) is 6.56. The number of carbonyl (C=O) groups excluding carboxylic acids is 3. The molecule has 186 valence electrons. The normalized spacial score (nSPS) is 18.0. The van der Waals surface area contributed by atoms with Crippen LogP contribution in [0.3, 0.4) is 0 Å². The van der Waals surface area contributed by atoms with E-state index in [1.54, 1.807) is 24.3 Å². The highest BCUT2D eigenvalue weighted by atomic mass is 79.9. The second kappa shape index (κ2) is 10.5. The molecule has 0 saturated heterocycles. The monoisotopic (exact) mass is 633 g/mol. The molecule has 0 unspecified atom stereocenters. The first-order valence-corrected chi connectivity index (χ1v) is 13.7. The molecule has 3 aliphatic rings. The molecule has 0 saturated carbocycles. The molecule has 36 heavy (non-hydrogen) atoms. The van der Waals surface area contributed by atoms with Crippen LogP contribution in [-0.2, 0) is 19.1 Å². The number of benzene rings is 2. The van der Waals surface area contributed by atoms with Crippen LogP contribution in [0.5, 0.6) is 5.75 Å². The lowest BCUT2D eigenvalue weighted by molar-refractivity contribution is -0.119. The molecular weight excluding hydrogens is 614 g/mol. The van der Waals surface area contributed by atoms with E-state index in [2.05, 4.69) is 37.2 Å². The summed E-state index contributed by atoms with van der Waals surface area (Å²) in [6.45, 7) is -0.236. The molecule has 6 nitrogen and oxygen atoms in total. The van der Waals surface area contributed by atoms with Gasteiger partial charge in [-0.3, -0.25) is 14.4 Å². The average Bonchev–Trinajstić information content (AvgIpc) is 2.84. The number of amides is 1. The third-order valence-corrected chi connectivity index (χ3v) is 8.00. The van der Waals surface area contributed by atoms with Crippen LogP contribution in [0.25, 0.3) is 0 Å². The molecule has 1 N–H and O–H groups in total. The summed E-state index contributed by atoms with van der Waals surface area (Å²) in [6, 6.07) is 10.7. The van der Waals surface area contributed by atoms with E-state index in [9.17, 15) is 14.4 Å². The SMILES string of the molecule is O=C(COc1c(Br)cc(C2C3=C(CCCC3=O)OC3=C2C(=O)CCC3)cc1Br)Nc1ccccc1Cl. The maximum absolute atomic E-state index is 13.0. The summed E-state index contributed by atoms with van der Waals surface area (Å²) < 4.78 is 13.1. The van der Waals surface area contributed by atoms with Gasteiger partial charge < -0.3 is 14.8 Å².